The van der Waals surface area contributed by atoms with Crippen LogP contribution in [0.15, 0.2) is 6.20 Å². The number of carbonyl (C=O) groups excluding carboxylic acids is 1. The molecule has 0 aliphatic rings. The minimum Gasteiger partial charge on any atom is -0.348 e. The average Bonchev–Trinajstić information content (AvgIpc) is 2.65. The van der Waals surface area contributed by atoms with Crippen LogP contribution >= 0.6 is 0 Å². The molecule has 0 aliphatic heterocycles. The Kier molecular flexibility index (Phi) is 4.52. The Balaban J connectivity index is 2.50. The van der Waals surface area contributed by atoms with Crippen molar-refractivity contribution in [3.8, 4) is 0 Å². The molecule has 4 nitrogen and oxygen atoms in total. The number of aromatic amines is 1. The molecule has 1 aromatic heterocycles. The van der Waals surface area contributed by atoms with E-state index < -0.39 is 0 Å². The predicted molar refractivity (Wildman–Crippen MR) is 62.9 cm³/mol. The predicted octanol–water partition coefficient (Wildman–Crippen LogP) is 1.79. The first-order valence-electron chi connectivity index (χ1n) is 5.74. The van der Waals surface area contributed by atoms with Crippen molar-refractivity contribution in [2.45, 2.75) is 52.6 Å². The van der Waals surface area contributed by atoms with E-state index in [4.69, 9.17) is 0 Å². The van der Waals surface area contributed by atoms with Crippen molar-refractivity contribution in [3.63, 3.8) is 0 Å². The van der Waals surface area contributed by atoms with Crippen LogP contribution in [0.5, 0.6) is 0 Å². The molecular weight excluding hydrogens is 202 g/mol. The number of H-pyrrole nitrogens is 1. The molecule has 1 rings (SSSR count). The van der Waals surface area contributed by atoms with Crippen molar-refractivity contribution in [2.75, 3.05) is 0 Å². The first-order valence-corrected chi connectivity index (χ1v) is 5.74. The number of hydrogen-bond donors (Lipinski definition) is 1. The van der Waals surface area contributed by atoms with E-state index in [2.05, 4.69) is 16.2 Å². The van der Waals surface area contributed by atoms with Gasteiger partial charge in [-0.25, -0.2) is 4.98 Å². The molecular formula is C12H20N3O. The van der Waals surface area contributed by atoms with Gasteiger partial charge in [0, 0.05) is 31.1 Å². The summed E-state index contributed by atoms with van der Waals surface area (Å²) in [7, 11) is 0. The van der Waals surface area contributed by atoms with Gasteiger partial charge in [0.15, 0.2) is 0 Å². The van der Waals surface area contributed by atoms with Gasteiger partial charge < -0.3 is 9.88 Å². The highest BCUT2D eigenvalue weighted by molar-refractivity contribution is 5.76. The Labute approximate surface area is 97.1 Å². The lowest BCUT2D eigenvalue weighted by Crippen LogP contribution is -2.42. The monoisotopic (exact) mass is 222 g/mol. The van der Waals surface area contributed by atoms with Crippen LogP contribution in [-0.4, -0.2) is 32.9 Å². The molecule has 16 heavy (non-hydrogen) atoms. The number of aryl methyl sites for hydroxylation is 1. The fraction of sp³-hybridized carbons (Fsp3) is 0.667. The SMILES string of the molecule is CC(C)N(C(=O)CCc1n[c]c[nH]1)C(C)C. The smallest absolute Gasteiger partial charge is 0.223 e. The molecule has 0 saturated heterocycles. The van der Waals surface area contributed by atoms with E-state index in [0.717, 1.165) is 5.82 Å². The highest BCUT2D eigenvalue weighted by atomic mass is 16.2. The maximum Gasteiger partial charge on any atom is 0.223 e. The Morgan fingerprint density at radius 3 is 2.50 bits per heavy atom. The van der Waals surface area contributed by atoms with Crippen LogP contribution in [0.3, 0.4) is 0 Å². The molecule has 0 spiro atoms. The fourth-order valence-corrected chi connectivity index (χ4v) is 1.91. The molecule has 1 N–H and O–H groups in total. The second-order valence-electron chi connectivity index (χ2n) is 4.46. The molecule has 1 radical (unpaired) electrons. The van der Waals surface area contributed by atoms with Crippen LogP contribution < -0.4 is 0 Å². The summed E-state index contributed by atoms with van der Waals surface area (Å²) in [5.74, 6) is 1.00. The third-order valence-corrected chi connectivity index (χ3v) is 2.48. The lowest BCUT2D eigenvalue weighted by Gasteiger charge is -2.30. The summed E-state index contributed by atoms with van der Waals surface area (Å²) in [5.41, 5.74) is 0. The molecule has 0 saturated carbocycles. The summed E-state index contributed by atoms with van der Waals surface area (Å²) in [4.78, 5) is 20.8. The number of aromatic nitrogens is 2. The number of rotatable bonds is 5. The third kappa shape index (κ3) is 3.36. The normalized spacial score (nSPS) is 11.1. The van der Waals surface area contributed by atoms with Crippen LogP contribution in [0, 0.1) is 6.20 Å². The van der Waals surface area contributed by atoms with Crippen molar-refractivity contribution < 1.29 is 4.79 Å². The average molecular weight is 222 g/mol. The van der Waals surface area contributed by atoms with Crippen LogP contribution in [0.4, 0.5) is 0 Å². The van der Waals surface area contributed by atoms with Crippen molar-refractivity contribution in [2.24, 2.45) is 0 Å². The van der Waals surface area contributed by atoms with Gasteiger partial charge in [-0.2, -0.15) is 0 Å². The van der Waals surface area contributed by atoms with Crippen LogP contribution in [0.25, 0.3) is 0 Å². The van der Waals surface area contributed by atoms with E-state index in [1.165, 1.54) is 0 Å². The van der Waals surface area contributed by atoms with Gasteiger partial charge in [0.1, 0.15) is 12.0 Å². The molecule has 0 aliphatic carbocycles. The van der Waals surface area contributed by atoms with Crippen molar-refractivity contribution in [1.29, 1.82) is 0 Å². The topological polar surface area (TPSA) is 49.0 Å². The van der Waals surface area contributed by atoms with Crippen molar-refractivity contribution in [1.82, 2.24) is 14.9 Å². The van der Waals surface area contributed by atoms with Gasteiger partial charge in [0.25, 0.3) is 0 Å². The summed E-state index contributed by atoms with van der Waals surface area (Å²) < 4.78 is 0. The molecule has 4 heteroatoms. The zero-order chi connectivity index (χ0) is 12.1. The minimum atomic E-state index is 0.182. The molecule has 89 valence electrons. The Morgan fingerprint density at radius 1 is 1.44 bits per heavy atom. The largest absolute Gasteiger partial charge is 0.348 e. The van der Waals surface area contributed by atoms with Gasteiger partial charge >= 0.3 is 0 Å². The Hall–Kier alpha value is -1.32. The van der Waals surface area contributed by atoms with E-state index in [1.54, 1.807) is 6.20 Å². The van der Waals surface area contributed by atoms with E-state index in [1.807, 2.05) is 32.6 Å². The molecule has 0 atom stereocenters. The van der Waals surface area contributed by atoms with Crippen LogP contribution in [-0.2, 0) is 11.2 Å². The molecule has 1 aromatic rings. The second kappa shape index (κ2) is 5.68. The molecule has 0 unspecified atom stereocenters. The molecule has 0 bridgehead atoms. The number of carbonyl (C=O) groups is 1. The second-order valence-corrected chi connectivity index (χ2v) is 4.46. The standard InChI is InChI=1S/C12H20N3O/c1-9(2)15(10(3)4)12(16)6-5-11-13-7-8-14-11/h7,9-10H,5-6H2,1-4H3,(H,13,14). The lowest BCUT2D eigenvalue weighted by atomic mass is 10.2. The molecule has 1 heterocycles. The number of nitrogens with one attached hydrogen (secondary N) is 1. The Bertz CT molecular complexity index is 309. The minimum absolute atomic E-state index is 0.182. The summed E-state index contributed by atoms with van der Waals surface area (Å²) in [5, 5.41) is 0. The number of nitrogens with zero attached hydrogens (tertiary/aromatic N) is 2. The van der Waals surface area contributed by atoms with E-state index in [0.29, 0.717) is 12.8 Å². The van der Waals surface area contributed by atoms with E-state index in [9.17, 15) is 4.79 Å². The van der Waals surface area contributed by atoms with Crippen LogP contribution in [0.2, 0.25) is 0 Å². The summed E-state index contributed by atoms with van der Waals surface area (Å²) in [6.45, 7) is 8.16. The van der Waals surface area contributed by atoms with Gasteiger partial charge in [-0.15, -0.1) is 0 Å². The maximum absolute atomic E-state index is 12.0. The summed E-state index contributed by atoms with van der Waals surface area (Å²) in [6.07, 6.45) is 5.50. The molecule has 0 fully saturated rings. The highest BCUT2D eigenvalue weighted by Gasteiger charge is 2.19. The summed E-state index contributed by atoms with van der Waals surface area (Å²) in [6, 6.07) is 0.492. The molecule has 0 aromatic carbocycles. The first kappa shape index (κ1) is 12.7. The van der Waals surface area contributed by atoms with Gasteiger partial charge in [0.2, 0.25) is 5.91 Å². The first-order chi connectivity index (χ1) is 7.52. The number of imidazole rings is 1. The maximum atomic E-state index is 12.0. The van der Waals surface area contributed by atoms with Gasteiger partial charge in [0.05, 0.1) is 0 Å². The van der Waals surface area contributed by atoms with Crippen LogP contribution in [0.1, 0.15) is 39.9 Å². The quantitative estimate of drug-likeness (QED) is 0.825. The van der Waals surface area contributed by atoms with Crippen molar-refractivity contribution in [3.05, 3.63) is 18.2 Å². The lowest BCUT2D eigenvalue weighted by molar-refractivity contribution is -0.134. The van der Waals surface area contributed by atoms with E-state index >= 15 is 0 Å². The van der Waals surface area contributed by atoms with E-state index in [-0.39, 0.29) is 18.0 Å². The van der Waals surface area contributed by atoms with Crippen molar-refractivity contribution >= 4 is 5.91 Å². The molecule has 1 amide bonds. The number of hydrogen-bond acceptors (Lipinski definition) is 2. The number of amides is 1. The fourth-order valence-electron chi connectivity index (χ4n) is 1.91. The zero-order valence-corrected chi connectivity index (χ0v) is 10.4. The summed E-state index contributed by atoms with van der Waals surface area (Å²) >= 11 is 0. The highest BCUT2D eigenvalue weighted by Crippen LogP contribution is 2.08. The zero-order valence-electron chi connectivity index (χ0n) is 10.4. The van der Waals surface area contributed by atoms with Gasteiger partial charge in [-0.05, 0) is 27.7 Å². The third-order valence-electron chi connectivity index (χ3n) is 2.48. The Morgan fingerprint density at radius 2 is 2.06 bits per heavy atom. The van der Waals surface area contributed by atoms with Gasteiger partial charge in [-0.1, -0.05) is 0 Å². The van der Waals surface area contributed by atoms with Gasteiger partial charge in [-0.3, -0.25) is 4.79 Å².